The van der Waals surface area contributed by atoms with Gasteiger partial charge in [-0.15, -0.1) is 0 Å². The van der Waals surface area contributed by atoms with Gasteiger partial charge in [0.1, 0.15) is 23.7 Å². The van der Waals surface area contributed by atoms with Gasteiger partial charge >= 0.3 is 0 Å². The maximum absolute atomic E-state index is 13.2. The van der Waals surface area contributed by atoms with Crippen LogP contribution in [0.25, 0.3) is 0 Å². The summed E-state index contributed by atoms with van der Waals surface area (Å²) in [5, 5.41) is 5.50. The van der Waals surface area contributed by atoms with Crippen molar-refractivity contribution in [2.24, 2.45) is 5.73 Å². The largest absolute Gasteiger partial charge is 0.481 e. The average Bonchev–Trinajstić information content (AvgIpc) is 2.91. The minimum absolute atomic E-state index is 0.423. The maximum Gasteiger partial charge on any atom is 0.251 e. The Kier molecular flexibility index (Phi) is 5.45. The van der Waals surface area contributed by atoms with Crippen molar-refractivity contribution in [2.75, 3.05) is 5.32 Å². The minimum atomic E-state index is -1.07. The van der Waals surface area contributed by atoms with E-state index in [2.05, 4.69) is 10.6 Å². The second-order valence-corrected chi connectivity index (χ2v) is 6.95. The molecule has 0 radical (unpaired) electrons. The molecule has 0 saturated carbocycles. The second kappa shape index (κ2) is 8.34. The van der Waals surface area contributed by atoms with Gasteiger partial charge in [0.2, 0.25) is 5.91 Å². The van der Waals surface area contributed by atoms with Crippen molar-refractivity contribution >= 4 is 17.5 Å². The van der Waals surface area contributed by atoms with Gasteiger partial charge in [0, 0.05) is 0 Å². The number of anilines is 1. The zero-order valence-electron chi connectivity index (χ0n) is 15.9. The first-order valence-corrected chi connectivity index (χ1v) is 9.46. The van der Waals surface area contributed by atoms with Crippen LogP contribution in [0.3, 0.4) is 0 Å². The van der Waals surface area contributed by atoms with E-state index < -0.39 is 35.8 Å². The first kappa shape index (κ1) is 19.6. The molecule has 1 heterocycles. The standard InChI is InChI=1S/C23H20FN3O3/c24-16-12-10-14(11-13-16)19(25)22(28)27-20-21(15-6-2-1-3-7-15)30-18-9-5-4-8-17(18)26-23(20)29/h1-13,19-21H,25H2,(H,26,29)(H,27,28)/t19-,20?,21?/m0/s1. The number of fused-ring (bicyclic) bond motifs is 1. The summed E-state index contributed by atoms with van der Waals surface area (Å²) >= 11 is 0. The molecule has 30 heavy (non-hydrogen) atoms. The Morgan fingerprint density at radius 1 is 1.00 bits per heavy atom. The molecule has 1 aliphatic heterocycles. The summed E-state index contributed by atoms with van der Waals surface area (Å²) in [6, 6.07) is 19.5. The molecule has 7 heteroatoms. The van der Waals surface area contributed by atoms with E-state index in [1.54, 1.807) is 24.3 Å². The van der Waals surface area contributed by atoms with Gasteiger partial charge in [-0.25, -0.2) is 4.39 Å². The normalized spacial score (nSPS) is 18.9. The number of ether oxygens (including phenoxy) is 1. The van der Waals surface area contributed by atoms with Crippen molar-refractivity contribution in [1.29, 1.82) is 0 Å². The van der Waals surface area contributed by atoms with E-state index in [-0.39, 0.29) is 0 Å². The summed E-state index contributed by atoms with van der Waals surface area (Å²) in [5.74, 6) is -0.921. The van der Waals surface area contributed by atoms with Crippen LogP contribution in [0, 0.1) is 5.82 Å². The van der Waals surface area contributed by atoms with Crippen molar-refractivity contribution in [2.45, 2.75) is 18.2 Å². The zero-order valence-corrected chi connectivity index (χ0v) is 15.9. The van der Waals surface area contributed by atoms with Crippen molar-refractivity contribution in [3.05, 3.63) is 95.8 Å². The molecule has 4 N–H and O–H groups in total. The lowest BCUT2D eigenvalue weighted by atomic mass is 10.00. The highest BCUT2D eigenvalue weighted by atomic mass is 19.1. The van der Waals surface area contributed by atoms with Crippen LogP contribution in [-0.4, -0.2) is 17.9 Å². The minimum Gasteiger partial charge on any atom is -0.481 e. The number of amides is 2. The third-order valence-electron chi connectivity index (χ3n) is 4.92. The molecule has 0 spiro atoms. The van der Waals surface area contributed by atoms with E-state index in [1.165, 1.54) is 24.3 Å². The number of para-hydroxylation sites is 2. The number of benzene rings is 3. The fourth-order valence-corrected chi connectivity index (χ4v) is 3.33. The summed E-state index contributed by atoms with van der Waals surface area (Å²) in [6.07, 6.45) is -0.765. The molecule has 0 saturated heterocycles. The van der Waals surface area contributed by atoms with Crippen molar-refractivity contribution in [3.63, 3.8) is 0 Å². The first-order valence-electron chi connectivity index (χ1n) is 9.46. The third-order valence-corrected chi connectivity index (χ3v) is 4.92. The molecule has 2 unspecified atom stereocenters. The van der Waals surface area contributed by atoms with E-state index in [1.807, 2.05) is 30.3 Å². The van der Waals surface area contributed by atoms with E-state index in [9.17, 15) is 14.0 Å². The molecule has 0 fully saturated rings. The quantitative estimate of drug-likeness (QED) is 0.622. The van der Waals surface area contributed by atoms with Gasteiger partial charge in [-0.05, 0) is 35.4 Å². The maximum atomic E-state index is 13.2. The highest BCUT2D eigenvalue weighted by Crippen LogP contribution is 2.34. The molecule has 6 nitrogen and oxygen atoms in total. The fourth-order valence-electron chi connectivity index (χ4n) is 3.33. The van der Waals surface area contributed by atoms with Crippen molar-refractivity contribution in [3.8, 4) is 5.75 Å². The number of carbonyl (C=O) groups is 2. The molecular formula is C23H20FN3O3. The van der Waals surface area contributed by atoms with Crippen LogP contribution in [-0.2, 0) is 9.59 Å². The van der Waals surface area contributed by atoms with Gasteiger partial charge in [0.05, 0.1) is 5.69 Å². The predicted octanol–water partition coefficient (Wildman–Crippen LogP) is 3.08. The topological polar surface area (TPSA) is 93.5 Å². The lowest BCUT2D eigenvalue weighted by Crippen LogP contribution is -2.50. The highest BCUT2D eigenvalue weighted by Gasteiger charge is 2.37. The van der Waals surface area contributed by atoms with E-state index in [0.717, 1.165) is 5.56 Å². The number of nitrogens with two attached hydrogens (primary N) is 1. The van der Waals surface area contributed by atoms with Gasteiger partial charge in [-0.3, -0.25) is 9.59 Å². The number of carbonyl (C=O) groups excluding carboxylic acids is 2. The Balaban J connectivity index is 1.64. The molecule has 3 aromatic rings. The summed E-state index contributed by atoms with van der Waals surface area (Å²) in [5.41, 5.74) is 7.73. The lowest BCUT2D eigenvalue weighted by molar-refractivity contribution is -0.129. The molecule has 0 aromatic heterocycles. The molecule has 3 aromatic carbocycles. The molecule has 2 amide bonds. The Hall–Kier alpha value is -3.71. The molecular weight excluding hydrogens is 385 g/mol. The number of hydrogen-bond acceptors (Lipinski definition) is 4. The van der Waals surface area contributed by atoms with Crippen LogP contribution < -0.4 is 21.1 Å². The van der Waals surface area contributed by atoms with Gasteiger partial charge in [-0.2, -0.15) is 0 Å². The molecule has 152 valence electrons. The summed E-state index contributed by atoms with van der Waals surface area (Å²) in [4.78, 5) is 25.8. The van der Waals surface area contributed by atoms with E-state index >= 15 is 0 Å². The monoisotopic (exact) mass is 405 g/mol. The third kappa shape index (κ3) is 4.01. The Morgan fingerprint density at radius 3 is 2.40 bits per heavy atom. The van der Waals surface area contributed by atoms with Crippen LogP contribution in [0.1, 0.15) is 23.3 Å². The lowest BCUT2D eigenvalue weighted by Gasteiger charge is -2.26. The van der Waals surface area contributed by atoms with Crippen molar-refractivity contribution in [1.82, 2.24) is 5.32 Å². The smallest absolute Gasteiger partial charge is 0.251 e. The average molecular weight is 405 g/mol. The summed E-state index contributed by atoms with van der Waals surface area (Å²) < 4.78 is 19.3. The Morgan fingerprint density at radius 2 is 1.67 bits per heavy atom. The number of halogens is 1. The van der Waals surface area contributed by atoms with Crippen LogP contribution >= 0.6 is 0 Å². The van der Waals surface area contributed by atoms with Gasteiger partial charge < -0.3 is 21.1 Å². The Labute approximate surface area is 172 Å². The molecule has 1 aliphatic rings. The molecule has 0 aliphatic carbocycles. The molecule has 0 bridgehead atoms. The first-order chi connectivity index (χ1) is 14.5. The SMILES string of the molecule is N[C@H](C(=O)NC1C(=O)Nc2ccccc2OC1c1ccccc1)c1ccc(F)cc1. The number of rotatable bonds is 4. The molecule has 4 rings (SSSR count). The molecule has 3 atom stereocenters. The zero-order chi connectivity index (χ0) is 21.1. The second-order valence-electron chi connectivity index (χ2n) is 6.95. The van der Waals surface area contributed by atoms with Gasteiger partial charge in [0.25, 0.3) is 5.91 Å². The van der Waals surface area contributed by atoms with Crippen molar-refractivity contribution < 1.29 is 18.7 Å². The number of nitrogens with one attached hydrogen (secondary N) is 2. The Bertz CT molecular complexity index is 1060. The van der Waals surface area contributed by atoms with Crippen LogP contribution in [0.5, 0.6) is 5.75 Å². The van der Waals surface area contributed by atoms with Crippen LogP contribution in [0.2, 0.25) is 0 Å². The van der Waals surface area contributed by atoms with Crippen LogP contribution in [0.15, 0.2) is 78.9 Å². The van der Waals surface area contributed by atoms with Gasteiger partial charge in [0.15, 0.2) is 6.10 Å². The predicted molar refractivity (Wildman–Crippen MR) is 110 cm³/mol. The van der Waals surface area contributed by atoms with Gasteiger partial charge in [-0.1, -0.05) is 54.6 Å². The van der Waals surface area contributed by atoms with E-state index in [4.69, 9.17) is 10.5 Å². The summed E-state index contributed by atoms with van der Waals surface area (Å²) in [7, 11) is 0. The highest BCUT2D eigenvalue weighted by molar-refractivity contribution is 6.00. The van der Waals surface area contributed by atoms with E-state index in [0.29, 0.717) is 17.0 Å². The fraction of sp³-hybridized carbons (Fsp3) is 0.130. The summed E-state index contributed by atoms with van der Waals surface area (Å²) in [6.45, 7) is 0. The number of hydrogen-bond donors (Lipinski definition) is 3. The van der Waals surface area contributed by atoms with Crippen LogP contribution in [0.4, 0.5) is 10.1 Å².